The van der Waals surface area contributed by atoms with Gasteiger partial charge in [0, 0.05) is 11.4 Å². The maximum Gasteiger partial charge on any atom is 0.271 e. The highest BCUT2D eigenvalue weighted by Gasteiger charge is 2.26. The number of nitriles is 2. The van der Waals surface area contributed by atoms with E-state index in [1.165, 1.54) is 30.8 Å². The number of H-pyrrole nitrogens is 2. The third kappa shape index (κ3) is 8.32. The first-order chi connectivity index (χ1) is 19.7. The zero-order valence-corrected chi connectivity index (χ0v) is 23.7. The van der Waals surface area contributed by atoms with Crippen LogP contribution in [0.25, 0.3) is 0 Å². The molecule has 4 aromatic rings. The molecule has 2 aromatic carbocycles. The number of nitrogen functional groups attached to an aromatic ring is 1. The summed E-state index contributed by atoms with van der Waals surface area (Å²) >= 11 is 16.2. The van der Waals surface area contributed by atoms with Crippen molar-refractivity contribution in [3.05, 3.63) is 107 Å². The van der Waals surface area contributed by atoms with Crippen molar-refractivity contribution in [3.8, 4) is 12.1 Å². The molecule has 0 radical (unpaired) electrons. The molecule has 2 aliphatic rings. The molecule has 0 saturated heterocycles. The fraction of sp³-hybridized carbons (Fsp3) is 0.214. The molecule has 208 valence electrons. The van der Waals surface area contributed by atoms with Gasteiger partial charge in [0.1, 0.15) is 10.0 Å². The Hall–Kier alpha value is -4.35. The fourth-order valence-electron chi connectivity index (χ4n) is 3.84. The summed E-state index contributed by atoms with van der Waals surface area (Å²) in [4.78, 5) is 34.1. The monoisotopic (exact) mass is 608 g/mol. The van der Waals surface area contributed by atoms with Crippen LogP contribution in [0.2, 0.25) is 15.3 Å². The number of halogens is 3. The molecule has 2 saturated carbocycles. The quantitative estimate of drug-likeness (QED) is 0.160. The Morgan fingerprint density at radius 3 is 1.85 bits per heavy atom. The van der Waals surface area contributed by atoms with Crippen LogP contribution in [0.5, 0.6) is 0 Å². The van der Waals surface area contributed by atoms with Gasteiger partial charge in [-0.05, 0) is 84.5 Å². The normalized spacial score (nSPS) is 13.4. The number of nitrogens with zero attached hydrogens (tertiary/aromatic N) is 4. The number of anilines is 3. The summed E-state index contributed by atoms with van der Waals surface area (Å²) in [6.07, 6.45) is 7.22. The zero-order chi connectivity index (χ0) is 29.5. The molecule has 5 N–H and O–H groups in total. The first-order valence-electron chi connectivity index (χ1n) is 12.4. The lowest BCUT2D eigenvalue weighted by molar-refractivity contribution is 1.11. The molecule has 2 heterocycles. The molecule has 2 aliphatic carbocycles. The highest BCUT2D eigenvalue weighted by atomic mass is 35.5. The lowest BCUT2D eigenvalue weighted by atomic mass is 10.0. The van der Waals surface area contributed by atoms with E-state index in [0.717, 1.165) is 24.0 Å². The van der Waals surface area contributed by atoms with Crippen molar-refractivity contribution in [2.45, 2.75) is 37.5 Å². The molecule has 13 heteroatoms. The molecular formula is C28H23Cl3N8O2. The zero-order valence-electron chi connectivity index (χ0n) is 21.4. The molecule has 0 spiro atoms. The van der Waals surface area contributed by atoms with Crippen LogP contribution < -0.4 is 22.2 Å². The number of rotatable bonds is 4. The minimum Gasteiger partial charge on any atom is -0.399 e. The third-order valence-corrected chi connectivity index (χ3v) is 6.88. The summed E-state index contributed by atoms with van der Waals surface area (Å²) in [6, 6.07) is 15.6. The SMILES string of the molecule is N#Cc1cc(N)ccc1C1CC1.N#Cc1cc(Nc2ncc(Cl)c(=O)[nH]2)ccc1C1CC1.O=c1[nH]c(Cl)ncc1Cl. The van der Waals surface area contributed by atoms with Crippen LogP contribution in [0.1, 0.15) is 59.8 Å². The van der Waals surface area contributed by atoms with Crippen molar-refractivity contribution >= 4 is 52.1 Å². The number of aromatic nitrogens is 4. The van der Waals surface area contributed by atoms with Crippen LogP contribution in [0, 0.1) is 22.7 Å². The topological polar surface area (TPSA) is 177 Å². The summed E-state index contributed by atoms with van der Waals surface area (Å²) in [5.41, 5.74) is 9.81. The van der Waals surface area contributed by atoms with Gasteiger partial charge >= 0.3 is 0 Å². The molecule has 2 aromatic heterocycles. The molecule has 0 aliphatic heterocycles. The van der Waals surface area contributed by atoms with Gasteiger partial charge in [0.25, 0.3) is 11.1 Å². The summed E-state index contributed by atoms with van der Waals surface area (Å²) in [5, 5.41) is 21.1. The van der Waals surface area contributed by atoms with Gasteiger partial charge in [0.2, 0.25) is 11.2 Å². The molecule has 0 bridgehead atoms. The number of hydrogen-bond donors (Lipinski definition) is 4. The van der Waals surface area contributed by atoms with E-state index >= 15 is 0 Å². The van der Waals surface area contributed by atoms with Gasteiger partial charge in [-0.3, -0.25) is 19.6 Å². The Morgan fingerprint density at radius 1 is 0.805 bits per heavy atom. The van der Waals surface area contributed by atoms with Crippen molar-refractivity contribution in [2.75, 3.05) is 11.1 Å². The van der Waals surface area contributed by atoms with Gasteiger partial charge in [-0.25, -0.2) is 9.97 Å². The fourth-order valence-corrected chi connectivity index (χ4v) is 4.17. The van der Waals surface area contributed by atoms with E-state index in [4.69, 9.17) is 45.8 Å². The molecule has 41 heavy (non-hydrogen) atoms. The van der Waals surface area contributed by atoms with Crippen LogP contribution in [0.15, 0.2) is 58.4 Å². The summed E-state index contributed by atoms with van der Waals surface area (Å²) in [7, 11) is 0. The first kappa shape index (κ1) is 29.6. The summed E-state index contributed by atoms with van der Waals surface area (Å²) < 4.78 is 0. The van der Waals surface area contributed by atoms with Crippen LogP contribution in [-0.2, 0) is 0 Å². The minimum absolute atomic E-state index is 0.0392. The van der Waals surface area contributed by atoms with Gasteiger partial charge in [-0.15, -0.1) is 0 Å². The third-order valence-electron chi connectivity index (χ3n) is 6.15. The summed E-state index contributed by atoms with van der Waals surface area (Å²) in [5.74, 6) is 1.44. The summed E-state index contributed by atoms with van der Waals surface area (Å²) in [6.45, 7) is 0. The maximum absolute atomic E-state index is 11.4. The molecule has 2 fully saturated rings. The van der Waals surface area contributed by atoms with Crippen molar-refractivity contribution in [1.82, 2.24) is 19.9 Å². The van der Waals surface area contributed by atoms with Crippen molar-refractivity contribution in [1.29, 1.82) is 10.5 Å². The second kappa shape index (κ2) is 13.3. The van der Waals surface area contributed by atoms with Crippen LogP contribution in [0.4, 0.5) is 17.3 Å². The maximum atomic E-state index is 11.4. The minimum atomic E-state index is -0.420. The van der Waals surface area contributed by atoms with Crippen molar-refractivity contribution < 1.29 is 0 Å². The Labute approximate surface area is 249 Å². The van der Waals surface area contributed by atoms with E-state index in [-0.39, 0.29) is 15.3 Å². The standard InChI is InChI=1S/C14H11ClN4O.C10H10N2.C4H2Cl2N2O/c15-12-7-17-14(19-13(12)20)18-10-3-4-11(8-1-2-8)9(5-10)6-16;11-6-8-5-9(12)3-4-10(8)7-1-2-7;5-2-1-7-4(6)8-3(2)9/h3-5,7-8H,1-2H2,(H2,17,18,19,20);3-5,7H,1-2,12H2;1H,(H,7,8,9). The predicted molar refractivity (Wildman–Crippen MR) is 159 cm³/mol. The number of hydrogen-bond acceptors (Lipinski definition) is 8. The van der Waals surface area contributed by atoms with Crippen LogP contribution in [0.3, 0.4) is 0 Å². The Bertz CT molecular complexity index is 1770. The smallest absolute Gasteiger partial charge is 0.271 e. The molecule has 0 amide bonds. The average molecular weight is 610 g/mol. The molecule has 0 atom stereocenters. The molecular weight excluding hydrogens is 587 g/mol. The van der Waals surface area contributed by atoms with E-state index in [0.29, 0.717) is 34.7 Å². The van der Waals surface area contributed by atoms with E-state index in [1.807, 2.05) is 24.3 Å². The molecule has 0 unspecified atom stereocenters. The average Bonchev–Trinajstić information content (AvgIpc) is 3.88. The number of nitrogens with one attached hydrogen (secondary N) is 3. The number of aromatic amines is 2. The van der Waals surface area contributed by atoms with Crippen molar-refractivity contribution in [3.63, 3.8) is 0 Å². The van der Waals surface area contributed by atoms with Crippen LogP contribution in [-0.4, -0.2) is 19.9 Å². The van der Waals surface area contributed by atoms with Crippen LogP contribution >= 0.6 is 34.8 Å². The van der Waals surface area contributed by atoms with Gasteiger partial charge in [-0.2, -0.15) is 10.5 Å². The molecule has 10 nitrogen and oxygen atoms in total. The largest absolute Gasteiger partial charge is 0.399 e. The number of nitrogens with two attached hydrogens (primary N) is 1. The van der Waals surface area contributed by atoms with Crippen molar-refractivity contribution in [2.24, 2.45) is 0 Å². The van der Waals surface area contributed by atoms with Gasteiger partial charge in [-0.1, -0.05) is 35.3 Å². The highest BCUT2D eigenvalue weighted by molar-refractivity contribution is 6.31. The van der Waals surface area contributed by atoms with Gasteiger partial charge in [0.05, 0.1) is 35.7 Å². The van der Waals surface area contributed by atoms with E-state index < -0.39 is 11.1 Å². The van der Waals surface area contributed by atoms with E-state index in [1.54, 1.807) is 12.1 Å². The Balaban J connectivity index is 0.000000156. The van der Waals surface area contributed by atoms with E-state index in [2.05, 4.69) is 37.4 Å². The number of benzene rings is 2. The lowest BCUT2D eigenvalue weighted by Gasteiger charge is -2.08. The van der Waals surface area contributed by atoms with Gasteiger partial charge in [0.15, 0.2) is 0 Å². The lowest BCUT2D eigenvalue weighted by Crippen LogP contribution is -2.10. The second-order valence-corrected chi connectivity index (χ2v) is 10.5. The predicted octanol–water partition coefficient (Wildman–Crippen LogP) is 6.01. The Kier molecular flexibility index (Phi) is 9.64. The first-order valence-corrected chi connectivity index (χ1v) is 13.6. The van der Waals surface area contributed by atoms with Gasteiger partial charge < -0.3 is 11.1 Å². The second-order valence-electron chi connectivity index (χ2n) is 9.31. The van der Waals surface area contributed by atoms with E-state index in [9.17, 15) is 14.9 Å². The highest BCUT2D eigenvalue weighted by Crippen LogP contribution is 2.42. The Morgan fingerprint density at radius 2 is 1.34 bits per heavy atom. The molecule has 6 rings (SSSR count).